The lowest BCUT2D eigenvalue weighted by atomic mass is 10.1. The van der Waals surface area contributed by atoms with Crippen LogP contribution in [0.25, 0.3) is 0 Å². The maximum absolute atomic E-state index is 5.80. The first-order valence-electron chi connectivity index (χ1n) is 6.60. The molecule has 0 atom stereocenters. The second-order valence-corrected chi connectivity index (χ2v) is 4.61. The van der Waals surface area contributed by atoms with Gasteiger partial charge in [0.2, 0.25) is 0 Å². The van der Waals surface area contributed by atoms with Gasteiger partial charge in [-0.15, -0.1) is 0 Å². The number of ether oxygens (including phenoxy) is 1. The molecule has 2 rings (SSSR count). The maximum Gasteiger partial charge on any atom is 0.125 e. The van der Waals surface area contributed by atoms with Gasteiger partial charge in [-0.05, 0) is 49.6 Å². The van der Waals surface area contributed by atoms with Crippen LogP contribution < -0.4 is 10.1 Å². The third-order valence-corrected chi connectivity index (χ3v) is 2.89. The van der Waals surface area contributed by atoms with E-state index in [9.17, 15) is 0 Å². The van der Waals surface area contributed by atoms with Crippen molar-refractivity contribution in [1.29, 1.82) is 0 Å². The molecule has 100 valence electrons. The quantitative estimate of drug-likeness (QED) is 0.802. The number of hydrogen-bond acceptors (Lipinski definition) is 3. The molecule has 0 saturated heterocycles. The van der Waals surface area contributed by atoms with Gasteiger partial charge in [0, 0.05) is 12.7 Å². The van der Waals surface area contributed by atoms with Crippen molar-refractivity contribution in [3.05, 3.63) is 53.7 Å². The van der Waals surface area contributed by atoms with Gasteiger partial charge in [-0.1, -0.05) is 18.2 Å². The molecule has 0 radical (unpaired) electrons. The zero-order chi connectivity index (χ0) is 13.5. The summed E-state index contributed by atoms with van der Waals surface area (Å²) in [7, 11) is 0. The van der Waals surface area contributed by atoms with Crippen LogP contribution in [-0.2, 0) is 0 Å². The molecule has 0 aliphatic carbocycles. The molecule has 0 bridgehead atoms. The number of benzene rings is 1. The zero-order valence-electron chi connectivity index (χ0n) is 11.5. The number of nitrogens with zero attached hydrogens (tertiary/aromatic N) is 1. The van der Waals surface area contributed by atoms with E-state index in [4.69, 9.17) is 4.74 Å². The van der Waals surface area contributed by atoms with E-state index in [-0.39, 0.29) is 0 Å². The average molecular weight is 256 g/mol. The summed E-state index contributed by atoms with van der Waals surface area (Å²) in [6.45, 7) is 5.72. The van der Waals surface area contributed by atoms with Crippen molar-refractivity contribution < 1.29 is 4.74 Å². The predicted molar refractivity (Wildman–Crippen MR) is 78.8 cm³/mol. The summed E-state index contributed by atoms with van der Waals surface area (Å²) in [4.78, 5) is 4.21. The molecule has 3 heteroatoms. The van der Waals surface area contributed by atoms with Crippen LogP contribution in [0.2, 0.25) is 0 Å². The van der Waals surface area contributed by atoms with Gasteiger partial charge in [0.05, 0.1) is 6.61 Å². The average Bonchev–Trinajstić information content (AvgIpc) is 2.43. The number of aromatic nitrogens is 1. The van der Waals surface area contributed by atoms with E-state index in [0.717, 1.165) is 24.5 Å². The van der Waals surface area contributed by atoms with Crippen LogP contribution in [0.5, 0.6) is 5.75 Å². The largest absolute Gasteiger partial charge is 0.493 e. The van der Waals surface area contributed by atoms with Crippen molar-refractivity contribution in [2.45, 2.75) is 20.3 Å². The molecule has 19 heavy (non-hydrogen) atoms. The van der Waals surface area contributed by atoms with Crippen LogP contribution in [0.4, 0.5) is 5.82 Å². The summed E-state index contributed by atoms with van der Waals surface area (Å²) in [5.41, 5.74) is 2.41. The normalized spacial score (nSPS) is 10.2. The molecule has 0 spiro atoms. The van der Waals surface area contributed by atoms with Gasteiger partial charge in [0.25, 0.3) is 0 Å². The smallest absolute Gasteiger partial charge is 0.125 e. The van der Waals surface area contributed by atoms with Gasteiger partial charge in [0.1, 0.15) is 11.6 Å². The maximum atomic E-state index is 5.80. The van der Waals surface area contributed by atoms with Crippen molar-refractivity contribution in [2.75, 3.05) is 18.5 Å². The Bertz CT molecular complexity index is 511. The van der Waals surface area contributed by atoms with Crippen molar-refractivity contribution in [3.63, 3.8) is 0 Å². The third-order valence-electron chi connectivity index (χ3n) is 2.89. The van der Waals surface area contributed by atoms with Gasteiger partial charge in [-0.3, -0.25) is 0 Å². The van der Waals surface area contributed by atoms with Crippen LogP contribution in [-0.4, -0.2) is 18.1 Å². The van der Waals surface area contributed by atoms with Crippen molar-refractivity contribution in [3.8, 4) is 5.75 Å². The highest BCUT2D eigenvalue weighted by Gasteiger charge is 1.99. The van der Waals surface area contributed by atoms with Crippen LogP contribution in [0.3, 0.4) is 0 Å². The van der Waals surface area contributed by atoms with E-state index in [1.54, 1.807) is 6.20 Å². The van der Waals surface area contributed by atoms with E-state index >= 15 is 0 Å². The molecule has 1 N–H and O–H groups in total. The summed E-state index contributed by atoms with van der Waals surface area (Å²) >= 11 is 0. The molecule has 0 amide bonds. The molecular weight excluding hydrogens is 236 g/mol. The zero-order valence-corrected chi connectivity index (χ0v) is 11.5. The molecule has 0 aliphatic heterocycles. The van der Waals surface area contributed by atoms with E-state index in [1.165, 1.54) is 11.1 Å². The number of pyridine rings is 1. The first-order valence-corrected chi connectivity index (χ1v) is 6.60. The Balaban J connectivity index is 1.71. The fourth-order valence-corrected chi connectivity index (χ4v) is 1.80. The van der Waals surface area contributed by atoms with Crippen molar-refractivity contribution in [2.24, 2.45) is 0 Å². The summed E-state index contributed by atoms with van der Waals surface area (Å²) in [5.74, 6) is 1.90. The lowest BCUT2D eigenvalue weighted by Gasteiger charge is -2.10. The minimum atomic E-state index is 0.712. The Hall–Kier alpha value is -2.03. The molecule has 2 aromatic rings. The number of anilines is 1. The Morgan fingerprint density at radius 3 is 2.84 bits per heavy atom. The molecule has 0 unspecified atom stereocenters. The van der Waals surface area contributed by atoms with E-state index in [0.29, 0.717) is 6.61 Å². The molecule has 0 saturated carbocycles. The molecule has 0 aliphatic rings. The van der Waals surface area contributed by atoms with Gasteiger partial charge < -0.3 is 10.1 Å². The summed E-state index contributed by atoms with van der Waals surface area (Å²) in [6, 6.07) is 12.1. The monoisotopic (exact) mass is 256 g/mol. The molecule has 1 aromatic heterocycles. The Morgan fingerprint density at radius 1 is 1.16 bits per heavy atom. The minimum absolute atomic E-state index is 0.712. The van der Waals surface area contributed by atoms with Crippen molar-refractivity contribution in [1.82, 2.24) is 4.98 Å². The fraction of sp³-hybridized carbons (Fsp3) is 0.312. The molecular formula is C16H20N2O. The lowest BCUT2D eigenvalue weighted by molar-refractivity contribution is 0.312. The van der Waals surface area contributed by atoms with Gasteiger partial charge >= 0.3 is 0 Å². The van der Waals surface area contributed by atoms with Crippen LogP contribution in [0.1, 0.15) is 17.5 Å². The Labute approximate surface area is 114 Å². The lowest BCUT2D eigenvalue weighted by Crippen LogP contribution is -2.08. The number of aryl methyl sites for hydroxylation is 2. The molecule has 0 fully saturated rings. The second-order valence-electron chi connectivity index (χ2n) is 4.61. The standard InChI is InChI=1S/C16H20N2O/c1-13-7-8-14(2)15(12-13)19-11-5-10-18-16-6-3-4-9-17-16/h3-4,6-9,12H,5,10-11H2,1-2H3,(H,17,18). The highest BCUT2D eigenvalue weighted by atomic mass is 16.5. The summed E-state index contributed by atoms with van der Waals surface area (Å²) in [6.07, 6.45) is 2.74. The summed E-state index contributed by atoms with van der Waals surface area (Å²) < 4.78 is 5.80. The summed E-state index contributed by atoms with van der Waals surface area (Å²) in [5, 5.41) is 3.27. The highest BCUT2D eigenvalue weighted by molar-refractivity contribution is 5.36. The Kier molecular flexibility index (Phi) is 4.78. The number of hydrogen-bond donors (Lipinski definition) is 1. The highest BCUT2D eigenvalue weighted by Crippen LogP contribution is 2.19. The first-order chi connectivity index (χ1) is 9.25. The first kappa shape index (κ1) is 13.4. The second kappa shape index (κ2) is 6.78. The SMILES string of the molecule is Cc1ccc(C)c(OCCCNc2ccccn2)c1. The number of rotatable bonds is 6. The predicted octanol–water partition coefficient (Wildman–Crippen LogP) is 3.58. The van der Waals surface area contributed by atoms with Gasteiger partial charge in [0.15, 0.2) is 0 Å². The Morgan fingerprint density at radius 2 is 2.05 bits per heavy atom. The van der Waals surface area contributed by atoms with Gasteiger partial charge in [-0.25, -0.2) is 4.98 Å². The fourth-order valence-electron chi connectivity index (χ4n) is 1.80. The topological polar surface area (TPSA) is 34.1 Å². The van der Waals surface area contributed by atoms with Crippen molar-refractivity contribution >= 4 is 5.82 Å². The van der Waals surface area contributed by atoms with Crippen LogP contribution in [0, 0.1) is 13.8 Å². The van der Waals surface area contributed by atoms with E-state index < -0.39 is 0 Å². The van der Waals surface area contributed by atoms with E-state index in [2.05, 4.69) is 42.3 Å². The minimum Gasteiger partial charge on any atom is -0.493 e. The molecule has 1 heterocycles. The molecule has 3 nitrogen and oxygen atoms in total. The third kappa shape index (κ3) is 4.28. The van der Waals surface area contributed by atoms with Gasteiger partial charge in [-0.2, -0.15) is 0 Å². The molecule has 1 aromatic carbocycles. The van der Waals surface area contributed by atoms with Crippen LogP contribution in [0.15, 0.2) is 42.6 Å². The van der Waals surface area contributed by atoms with Crippen LogP contribution >= 0.6 is 0 Å². The van der Waals surface area contributed by atoms with E-state index in [1.807, 2.05) is 18.2 Å². The number of nitrogens with one attached hydrogen (secondary N) is 1.